The maximum absolute atomic E-state index is 13.1. The first-order chi connectivity index (χ1) is 15.4. The Labute approximate surface area is 184 Å². The van der Waals surface area contributed by atoms with E-state index in [0.29, 0.717) is 12.2 Å². The average molecular weight is 439 g/mol. The van der Waals surface area contributed by atoms with Crippen LogP contribution in [0.15, 0.2) is 30.7 Å². The number of carbonyl (C=O) groups excluding carboxylic acids is 2. The molecule has 0 bridgehead atoms. The van der Waals surface area contributed by atoms with Gasteiger partial charge in [-0.2, -0.15) is 5.10 Å². The maximum atomic E-state index is 13.1. The Morgan fingerprint density at radius 2 is 2.09 bits per heavy atom. The zero-order valence-corrected chi connectivity index (χ0v) is 17.8. The van der Waals surface area contributed by atoms with Crippen LogP contribution in [0.25, 0.3) is 11.0 Å². The molecule has 0 aliphatic carbocycles. The van der Waals surface area contributed by atoms with Gasteiger partial charge in [-0.3, -0.25) is 14.7 Å². The van der Waals surface area contributed by atoms with E-state index in [1.165, 1.54) is 19.4 Å². The molecule has 1 saturated heterocycles. The molecule has 0 saturated carbocycles. The zero-order valence-electron chi connectivity index (χ0n) is 17.8. The number of aliphatic hydroxyl groups is 1. The fourth-order valence-electron chi connectivity index (χ4n) is 3.99. The van der Waals surface area contributed by atoms with Crippen molar-refractivity contribution in [2.75, 3.05) is 19.0 Å². The van der Waals surface area contributed by atoms with Crippen molar-refractivity contribution in [3.63, 3.8) is 0 Å². The van der Waals surface area contributed by atoms with E-state index in [2.05, 4.69) is 25.5 Å². The number of piperidine rings is 1. The van der Waals surface area contributed by atoms with Gasteiger partial charge in [0.05, 0.1) is 36.8 Å². The Morgan fingerprint density at radius 3 is 2.84 bits per heavy atom. The summed E-state index contributed by atoms with van der Waals surface area (Å²) in [5.74, 6) is -1.06. The third kappa shape index (κ3) is 4.25. The Morgan fingerprint density at radius 1 is 1.28 bits per heavy atom. The number of amides is 2. The lowest BCUT2D eigenvalue weighted by Crippen LogP contribution is -2.46. The van der Waals surface area contributed by atoms with Gasteiger partial charge >= 0.3 is 11.8 Å². The molecule has 3 aromatic rings. The van der Waals surface area contributed by atoms with Crippen LogP contribution in [-0.2, 0) is 9.59 Å². The summed E-state index contributed by atoms with van der Waals surface area (Å²) >= 11 is 0. The van der Waals surface area contributed by atoms with E-state index in [-0.39, 0.29) is 29.1 Å². The quantitative estimate of drug-likeness (QED) is 0.349. The van der Waals surface area contributed by atoms with Crippen molar-refractivity contribution in [2.24, 2.45) is 11.7 Å². The number of fused-ring (bicyclic) bond motifs is 1. The summed E-state index contributed by atoms with van der Waals surface area (Å²) in [4.78, 5) is 35.9. The molecule has 0 radical (unpaired) electrons. The van der Waals surface area contributed by atoms with Crippen LogP contribution in [0.2, 0.25) is 0 Å². The van der Waals surface area contributed by atoms with E-state index < -0.39 is 18.0 Å². The first-order valence-corrected chi connectivity index (χ1v) is 10.3. The largest absolute Gasteiger partial charge is 0.481 e. The van der Waals surface area contributed by atoms with E-state index in [0.717, 1.165) is 23.8 Å². The van der Waals surface area contributed by atoms with Crippen LogP contribution >= 0.6 is 0 Å². The highest BCUT2D eigenvalue weighted by atomic mass is 16.5. The normalized spacial score (nSPS) is 19.6. The van der Waals surface area contributed by atoms with Crippen molar-refractivity contribution in [2.45, 2.75) is 32.0 Å². The summed E-state index contributed by atoms with van der Waals surface area (Å²) in [5.41, 5.74) is 7.47. The number of nitrogens with one attached hydrogen (secondary N) is 2. The first kappa shape index (κ1) is 21.7. The van der Waals surface area contributed by atoms with E-state index >= 15 is 0 Å². The molecule has 32 heavy (non-hydrogen) atoms. The summed E-state index contributed by atoms with van der Waals surface area (Å²) in [7, 11) is 1.39. The number of nitrogens with two attached hydrogens (primary N) is 1. The lowest BCUT2D eigenvalue weighted by atomic mass is 9.90. The minimum atomic E-state index is -1.34. The smallest absolute Gasteiger partial charge is 0.313 e. The lowest BCUT2D eigenvalue weighted by molar-refractivity contribution is -0.146. The van der Waals surface area contributed by atoms with Gasteiger partial charge in [0.1, 0.15) is 6.23 Å². The molecule has 5 N–H and O–H groups in total. The van der Waals surface area contributed by atoms with Crippen LogP contribution in [0.5, 0.6) is 5.88 Å². The highest BCUT2D eigenvalue weighted by Crippen LogP contribution is 2.34. The number of ether oxygens (including phenoxy) is 1. The molecule has 2 amide bonds. The van der Waals surface area contributed by atoms with E-state index in [1.807, 2.05) is 13.0 Å². The molecule has 3 atom stereocenters. The van der Waals surface area contributed by atoms with Gasteiger partial charge < -0.3 is 25.8 Å². The number of carbonyl (C=O) groups is 2. The van der Waals surface area contributed by atoms with Gasteiger partial charge in [0.2, 0.25) is 5.88 Å². The minimum absolute atomic E-state index is 0.136. The number of H-pyrrole nitrogens is 1. The molecule has 168 valence electrons. The molecule has 0 aromatic carbocycles. The van der Waals surface area contributed by atoms with Crippen LogP contribution < -0.4 is 15.8 Å². The summed E-state index contributed by atoms with van der Waals surface area (Å²) in [6.07, 6.45) is 5.03. The highest BCUT2D eigenvalue weighted by Gasteiger charge is 2.34. The number of aromatic amines is 1. The number of pyridine rings is 2. The molecule has 0 spiro atoms. The predicted molar refractivity (Wildman–Crippen MR) is 115 cm³/mol. The van der Waals surface area contributed by atoms with E-state index in [9.17, 15) is 14.7 Å². The molecular weight excluding hydrogens is 414 g/mol. The molecular formula is C21H25N7O4. The second-order valence-electron chi connectivity index (χ2n) is 7.95. The van der Waals surface area contributed by atoms with Gasteiger partial charge in [-0.25, -0.2) is 9.97 Å². The number of aliphatic hydroxyl groups excluding tert-OH is 1. The number of rotatable bonds is 4. The van der Waals surface area contributed by atoms with Crippen molar-refractivity contribution < 1.29 is 19.4 Å². The topological polar surface area (TPSA) is 159 Å². The number of hydrogen-bond acceptors (Lipinski definition) is 8. The van der Waals surface area contributed by atoms with Crippen molar-refractivity contribution >= 4 is 28.5 Å². The summed E-state index contributed by atoms with van der Waals surface area (Å²) in [6, 6.07) is 3.09. The van der Waals surface area contributed by atoms with Crippen LogP contribution in [0.3, 0.4) is 0 Å². The summed E-state index contributed by atoms with van der Waals surface area (Å²) in [6.45, 7) is 2.50. The highest BCUT2D eigenvalue weighted by molar-refractivity contribution is 6.39. The number of nitrogens with zero attached hydrogens (tertiary/aromatic N) is 4. The number of hydrogen-bond donors (Lipinski definition) is 4. The van der Waals surface area contributed by atoms with Gasteiger partial charge in [-0.05, 0) is 36.5 Å². The third-order valence-corrected chi connectivity index (χ3v) is 5.62. The predicted octanol–water partition coefficient (Wildman–Crippen LogP) is 1.25. The van der Waals surface area contributed by atoms with Crippen molar-refractivity contribution in [3.05, 3.63) is 41.9 Å². The van der Waals surface area contributed by atoms with E-state index in [4.69, 9.17) is 10.5 Å². The fourth-order valence-corrected chi connectivity index (χ4v) is 3.99. The van der Waals surface area contributed by atoms with Gasteiger partial charge in [0.25, 0.3) is 0 Å². The Hall–Kier alpha value is -3.57. The average Bonchev–Trinajstić information content (AvgIpc) is 3.26. The van der Waals surface area contributed by atoms with Gasteiger partial charge in [0.15, 0.2) is 5.65 Å². The zero-order chi connectivity index (χ0) is 22.8. The SMILES string of the molecule is COc1ncc(NC(=O)C(=O)N2C[C@H](C)CC[C@H]2c2cnc3[nH]ncc3c2)cc1C(N)O. The van der Waals surface area contributed by atoms with Crippen molar-refractivity contribution in [1.29, 1.82) is 0 Å². The van der Waals surface area contributed by atoms with Crippen LogP contribution in [0.4, 0.5) is 5.69 Å². The molecule has 1 fully saturated rings. The lowest BCUT2D eigenvalue weighted by Gasteiger charge is -2.38. The molecule has 1 aliphatic rings. The third-order valence-electron chi connectivity index (χ3n) is 5.62. The van der Waals surface area contributed by atoms with Gasteiger partial charge in [-0.15, -0.1) is 0 Å². The van der Waals surface area contributed by atoms with Crippen molar-refractivity contribution in [1.82, 2.24) is 25.1 Å². The van der Waals surface area contributed by atoms with Gasteiger partial charge in [-0.1, -0.05) is 6.92 Å². The molecule has 4 rings (SSSR count). The van der Waals surface area contributed by atoms with Crippen molar-refractivity contribution in [3.8, 4) is 5.88 Å². The molecule has 11 heteroatoms. The molecule has 1 aliphatic heterocycles. The number of methoxy groups -OCH3 is 1. The molecule has 3 aromatic heterocycles. The fraction of sp³-hybridized carbons (Fsp3) is 0.381. The Bertz CT molecular complexity index is 1150. The van der Waals surface area contributed by atoms with Crippen LogP contribution in [0.1, 0.15) is 43.2 Å². The Kier molecular flexibility index (Phi) is 6.01. The summed E-state index contributed by atoms with van der Waals surface area (Å²) in [5, 5.41) is 19.9. The maximum Gasteiger partial charge on any atom is 0.313 e. The summed E-state index contributed by atoms with van der Waals surface area (Å²) < 4.78 is 5.06. The Balaban J connectivity index is 1.56. The first-order valence-electron chi connectivity index (χ1n) is 10.3. The van der Waals surface area contributed by atoms with Gasteiger partial charge in [0, 0.05) is 18.1 Å². The second kappa shape index (κ2) is 8.89. The molecule has 1 unspecified atom stereocenters. The number of likely N-dealkylation sites (tertiary alicyclic amines) is 1. The number of anilines is 1. The monoisotopic (exact) mass is 439 g/mol. The van der Waals surface area contributed by atoms with Crippen LogP contribution in [0, 0.1) is 5.92 Å². The number of aromatic nitrogens is 4. The second-order valence-corrected chi connectivity index (χ2v) is 7.95. The van der Waals surface area contributed by atoms with Crippen LogP contribution in [-0.4, -0.2) is 55.6 Å². The standard InChI is InChI=1S/C21H25N7O4/c1-11-3-4-16(12-5-13-8-25-27-18(13)23-7-12)28(10-11)21(31)19(30)26-14-6-15(17(22)29)20(32-2)24-9-14/h5-9,11,16-17,29H,3-4,10,22H2,1-2H3,(H,26,30)(H,23,25,27)/t11-,16+,17?/m1/s1. The molecule has 11 nitrogen and oxygen atoms in total. The van der Waals surface area contributed by atoms with E-state index in [1.54, 1.807) is 17.3 Å². The minimum Gasteiger partial charge on any atom is -0.481 e. The molecule has 4 heterocycles.